The second-order valence-electron chi connectivity index (χ2n) is 7.14. The van der Waals surface area contributed by atoms with Crippen molar-refractivity contribution in [1.82, 2.24) is 14.9 Å². The molecule has 142 valence electrons. The van der Waals surface area contributed by atoms with Gasteiger partial charge in [0.2, 0.25) is 0 Å². The maximum atomic E-state index is 11.6. The van der Waals surface area contributed by atoms with Crippen molar-refractivity contribution in [2.24, 2.45) is 0 Å². The lowest BCUT2D eigenvalue weighted by molar-refractivity contribution is 0.326. The molecule has 0 radical (unpaired) electrons. The van der Waals surface area contributed by atoms with E-state index in [-0.39, 0.29) is 0 Å². The van der Waals surface area contributed by atoms with E-state index in [2.05, 4.69) is 9.88 Å². The summed E-state index contributed by atoms with van der Waals surface area (Å²) in [7, 11) is -1.48. The number of rotatable bonds is 5. The first-order chi connectivity index (χ1) is 12.9. The Labute approximate surface area is 159 Å². The van der Waals surface area contributed by atoms with E-state index in [1.54, 1.807) is 19.2 Å². The molecule has 0 saturated carbocycles. The summed E-state index contributed by atoms with van der Waals surface area (Å²) < 4.78 is 28.4. The molecule has 0 amide bonds. The van der Waals surface area contributed by atoms with E-state index >= 15 is 0 Å². The van der Waals surface area contributed by atoms with Gasteiger partial charge in [0.1, 0.15) is 11.6 Å². The third kappa shape index (κ3) is 3.84. The fourth-order valence-electron chi connectivity index (χ4n) is 3.63. The number of methoxy groups -OCH3 is 1. The van der Waals surface area contributed by atoms with E-state index in [1.807, 2.05) is 30.3 Å². The Morgan fingerprint density at radius 2 is 2.00 bits per heavy atom. The van der Waals surface area contributed by atoms with Gasteiger partial charge in [-0.25, -0.2) is 13.4 Å². The zero-order valence-electron chi connectivity index (χ0n) is 15.5. The van der Waals surface area contributed by atoms with Gasteiger partial charge in [-0.3, -0.25) is 4.90 Å². The average Bonchev–Trinajstić information content (AvgIpc) is 3.27. The minimum atomic E-state index is -3.14. The molecular weight excluding hydrogens is 362 g/mol. The largest absolute Gasteiger partial charge is 0.497 e. The molecule has 2 heterocycles. The summed E-state index contributed by atoms with van der Waals surface area (Å²) >= 11 is 0. The monoisotopic (exact) mass is 385 g/mol. The minimum Gasteiger partial charge on any atom is -0.497 e. The molecule has 0 spiro atoms. The van der Waals surface area contributed by atoms with E-state index in [4.69, 9.17) is 9.72 Å². The van der Waals surface area contributed by atoms with Gasteiger partial charge in [0.15, 0.2) is 9.84 Å². The van der Waals surface area contributed by atoms with Crippen LogP contribution in [-0.2, 0) is 16.4 Å². The molecular formula is C20H23N3O3S. The quantitative estimate of drug-likeness (QED) is 0.731. The number of ether oxygens (including phenoxy) is 1. The molecule has 1 fully saturated rings. The van der Waals surface area contributed by atoms with Crippen molar-refractivity contribution in [2.75, 3.05) is 26.5 Å². The van der Waals surface area contributed by atoms with Crippen LogP contribution in [0.2, 0.25) is 0 Å². The highest BCUT2D eigenvalue weighted by atomic mass is 32.2. The van der Waals surface area contributed by atoms with Crippen LogP contribution in [0.4, 0.5) is 0 Å². The van der Waals surface area contributed by atoms with Crippen molar-refractivity contribution < 1.29 is 13.2 Å². The number of hydrogen-bond donors (Lipinski definition) is 1. The third-order valence-corrected chi connectivity index (χ3v) is 6.25. The summed E-state index contributed by atoms with van der Waals surface area (Å²) in [6, 6.07) is 13.0. The topological polar surface area (TPSA) is 75.3 Å². The summed E-state index contributed by atoms with van der Waals surface area (Å²) in [5.74, 6) is 2.22. The predicted octanol–water partition coefficient (Wildman–Crippen LogP) is 2.96. The number of imidazole rings is 1. The second kappa shape index (κ2) is 6.98. The lowest BCUT2D eigenvalue weighted by Gasteiger charge is -2.15. The van der Waals surface area contributed by atoms with Crippen molar-refractivity contribution in [3.63, 3.8) is 0 Å². The van der Waals surface area contributed by atoms with Gasteiger partial charge >= 0.3 is 0 Å². The highest BCUT2D eigenvalue weighted by molar-refractivity contribution is 7.90. The van der Waals surface area contributed by atoms with E-state index in [0.717, 1.165) is 54.2 Å². The predicted molar refractivity (Wildman–Crippen MR) is 105 cm³/mol. The van der Waals surface area contributed by atoms with Gasteiger partial charge in [0.05, 0.1) is 23.0 Å². The first kappa shape index (κ1) is 18.0. The van der Waals surface area contributed by atoms with Crippen LogP contribution in [0.1, 0.15) is 23.7 Å². The van der Waals surface area contributed by atoms with Crippen LogP contribution in [0.25, 0.3) is 11.0 Å². The molecule has 1 unspecified atom stereocenters. The Balaban J connectivity index is 1.44. The molecule has 1 atom stereocenters. The number of hydrogen-bond acceptors (Lipinski definition) is 5. The first-order valence-electron chi connectivity index (χ1n) is 8.97. The van der Waals surface area contributed by atoms with E-state index in [1.165, 1.54) is 6.26 Å². The zero-order chi connectivity index (χ0) is 19.0. The van der Waals surface area contributed by atoms with Crippen LogP contribution in [0, 0.1) is 0 Å². The third-order valence-electron chi connectivity index (χ3n) is 5.12. The molecule has 6 nitrogen and oxygen atoms in total. The molecule has 7 heteroatoms. The van der Waals surface area contributed by atoms with Crippen LogP contribution in [0.5, 0.6) is 5.75 Å². The fourth-order valence-corrected chi connectivity index (χ4v) is 4.26. The second-order valence-corrected chi connectivity index (χ2v) is 9.16. The van der Waals surface area contributed by atoms with Gasteiger partial charge in [0.25, 0.3) is 0 Å². The van der Waals surface area contributed by atoms with Crippen molar-refractivity contribution in [2.45, 2.75) is 23.8 Å². The zero-order valence-corrected chi connectivity index (χ0v) is 16.3. The number of nitrogens with one attached hydrogen (secondary N) is 1. The number of sulfone groups is 1. The van der Waals surface area contributed by atoms with Crippen LogP contribution >= 0.6 is 0 Å². The number of fused-ring (bicyclic) bond motifs is 1. The summed E-state index contributed by atoms with van der Waals surface area (Å²) in [5.41, 5.74) is 3.08. The van der Waals surface area contributed by atoms with E-state index in [9.17, 15) is 8.42 Å². The molecule has 3 aromatic rings. The molecule has 2 aromatic carbocycles. The average molecular weight is 385 g/mol. The number of likely N-dealkylation sites (tertiary alicyclic amines) is 1. The standard InChI is InChI=1S/C20H23N3O3S/c1-26-16-5-8-18-19(11-16)22-20(21-18)15-9-10-23(13-15)12-14-3-6-17(7-4-14)27(2,24)25/h3-8,11,15H,9-10,12-13H2,1-2H3,(H,21,22). The highest BCUT2D eigenvalue weighted by Gasteiger charge is 2.26. The van der Waals surface area contributed by atoms with Crippen molar-refractivity contribution in [3.05, 3.63) is 53.9 Å². The molecule has 1 aliphatic heterocycles. The van der Waals surface area contributed by atoms with Crippen LogP contribution < -0.4 is 4.74 Å². The van der Waals surface area contributed by atoms with Crippen LogP contribution in [0.15, 0.2) is 47.4 Å². The first-order valence-corrected chi connectivity index (χ1v) is 10.9. The molecule has 0 aliphatic carbocycles. The van der Waals surface area contributed by atoms with Gasteiger partial charge in [-0.2, -0.15) is 0 Å². The summed E-state index contributed by atoms with van der Waals surface area (Å²) in [4.78, 5) is 10.9. The lowest BCUT2D eigenvalue weighted by Crippen LogP contribution is -2.20. The Bertz CT molecular complexity index is 1060. The van der Waals surface area contributed by atoms with Crippen molar-refractivity contribution in [3.8, 4) is 5.75 Å². The van der Waals surface area contributed by atoms with Crippen LogP contribution in [0.3, 0.4) is 0 Å². The number of H-pyrrole nitrogens is 1. The van der Waals surface area contributed by atoms with Gasteiger partial charge in [-0.1, -0.05) is 12.1 Å². The molecule has 1 aromatic heterocycles. The van der Waals surface area contributed by atoms with Gasteiger partial charge < -0.3 is 9.72 Å². The number of aromatic amines is 1. The summed E-state index contributed by atoms with van der Waals surface area (Å²) in [6.07, 6.45) is 2.29. The van der Waals surface area contributed by atoms with Gasteiger partial charge in [0, 0.05) is 31.3 Å². The normalized spacial score (nSPS) is 18.2. The van der Waals surface area contributed by atoms with Crippen LogP contribution in [-0.4, -0.2) is 49.7 Å². The molecule has 1 saturated heterocycles. The van der Waals surface area contributed by atoms with Crippen molar-refractivity contribution >= 4 is 20.9 Å². The maximum Gasteiger partial charge on any atom is 0.175 e. The van der Waals surface area contributed by atoms with Gasteiger partial charge in [-0.05, 0) is 42.8 Å². The van der Waals surface area contributed by atoms with E-state index < -0.39 is 9.84 Å². The summed E-state index contributed by atoms with van der Waals surface area (Å²) in [5, 5.41) is 0. The number of aromatic nitrogens is 2. The smallest absolute Gasteiger partial charge is 0.175 e. The summed E-state index contributed by atoms with van der Waals surface area (Å²) in [6.45, 7) is 2.75. The Morgan fingerprint density at radius 1 is 1.22 bits per heavy atom. The van der Waals surface area contributed by atoms with Crippen molar-refractivity contribution in [1.29, 1.82) is 0 Å². The molecule has 1 aliphatic rings. The molecule has 0 bridgehead atoms. The molecule has 27 heavy (non-hydrogen) atoms. The Kier molecular flexibility index (Phi) is 4.65. The lowest BCUT2D eigenvalue weighted by atomic mass is 10.1. The number of benzene rings is 2. The fraction of sp³-hybridized carbons (Fsp3) is 0.350. The molecule has 4 rings (SSSR count). The Morgan fingerprint density at radius 3 is 2.70 bits per heavy atom. The van der Waals surface area contributed by atoms with E-state index in [0.29, 0.717) is 10.8 Å². The molecule has 1 N–H and O–H groups in total. The SMILES string of the molecule is COc1ccc2nc(C3CCN(Cc4ccc(S(C)(=O)=O)cc4)C3)[nH]c2c1. The van der Waals surface area contributed by atoms with Gasteiger partial charge in [-0.15, -0.1) is 0 Å². The highest BCUT2D eigenvalue weighted by Crippen LogP contribution is 2.29. The number of nitrogens with zero attached hydrogens (tertiary/aromatic N) is 2. The maximum absolute atomic E-state index is 11.6. The minimum absolute atomic E-state index is 0.364. The Hall–Kier alpha value is -2.38.